The molecule has 8 nitrogen and oxygen atoms in total. The van der Waals surface area contributed by atoms with Crippen LogP contribution < -0.4 is 20.9 Å². The van der Waals surface area contributed by atoms with E-state index in [0.717, 1.165) is 40.1 Å². The summed E-state index contributed by atoms with van der Waals surface area (Å²) in [5.74, 6) is 1.71. The molecular formula is C34H33N2O6+. The lowest BCUT2D eigenvalue weighted by molar-refractivity contribution is -0.254. The average molecular weight is 566 g/mol. The molecule has 5 N–H and O–H groups in total. The topological polar surface area (TPSA) is 125 Å². The van der Waals surface area contributed by atoms with E-state index in [1.165, 1.54) is 0 Å². The van der Waals surface area contributed by atoms with Crippen LogP contribution in [0.25, 0.3) is 11.1 Å². The molecule has 0 atom stereocenters. The lowest BCUT2D eigenvalue weighted by Crippen LogP contribution is -2.40. The first-order valence-corrected chi connectivity index (χ1v) is 13.3. The van der Waals surface area contributed by atoms with Gasteiger partial charge in [0.25, 0.3) is 0 Å². The van der Waals surface area contributed by atoms with Gasteiger partial charge in [-0.2, -0.15) is 0 Å². The van der Waals surface area contributed by atoms with E-state index in [1.807, 2.05) is 72.8 Å². The van der Waals surface area contributed by atoms with Crippen molar-refractivity contribution in [1.29, 1.82) is 0 Å². The predicted molar refractivity (Wildman–Crippen MR) is 162 cm³/mol. The molecule has 0 aromatic heterocycles. The van der Waals surface area contributed by atoms with Crippen LogP contribution in [0.5, 0.6) is 23.0 Å². The molecular weight excluding hydrogens is 532 g/mol. The number of hydrogen-bond acceptors (Lipinski definition) is 7. The Morgan fingerprint density at radius 1 is 0.667 bits per heavy atom. The van der Waals surface area contributed by atoms with Gasteiger partial charge in [0.2, 0.25) is 0 Å². The summed E-state index contributed by atoms with van der Waals surface area (Å²) in [6.45, 7) is 7.22. The van der Waals surface area contributed by atoms with Crippen LogP contribution in [0, 0.1) is 0 Å². The number of nitrogen functional groups attached to an aromatic ring is 1. The molecule has 0 unspecified atom stereocenters. The molecule has 0 bridgehead atoms. The SMILES string of the molecule is C=CC(=O)OCCc1cc(N)ccc1Oc1ccc(-c2ccc(Oc3ccc([NH3+])cc3CCOC(=O)C=C)cc2)cc1. The molecule has 214 valence electrons. The molecule has 0 radical (unpaired) electrons. The summed E-state index contributed by atoms with van der Waals surface area (Å²) < 4.78 is 22.5. The Balaban J connectivity index is 1.40. The second-order valence-electron chi connectivity index (χ2n) is 9.31. The number of rotatable bonds is 13. The van der Waals surface area contributed by atoms with Gasteiger partial charge in [-0.15, -0.1) is 0 Å². The first kappa shape index (κ1) is 29.6. The molecule has 4 rings (SSSR count). The van der Waals surface area contributed by atoms with Crippen molar-refractivity contribution >= 4 is 23.3 Å². The third-order valence-corrected chi connectivity index (χ3v) is 6.27. The summed E-state index contributed by atoms with van der Waals surface area (Å²) in [5, 5.41) is 0. The van der Waals surface area contributed by atoms with E-state index < -0.39 is 11.9 Å². The van der Waals surface area contributed by atoms with Gasteiger partial charge in [-0.3, -0.25) is 0 Å². The maximum absolute atomic E-state index is 11.4. The van der Waals surface area contributed by atoms with Crippen molar-refractivity contribution in [2.75, 3.05) is 18.9 Å². The van der Waals surface area contributed by atoms with Crippen LogP contribution in [0.15, 0.2) is 110 Å². The summed E-state index contributed by atoms with van der Waals surface area (Å²) in [7, 11) is 0. The molecule has 4 aromatic rings. The van der Waals surface area contributed by atoms with Crippen molar-refractivity contribution < 1.29 is 34.3 Å². The van der Waals surface area contributed by atoms with E-state index in [1.54, 1.807) is 12.1 Å². The van der Waals surface area contributed by atoms with E-state index in [0.29, 0.717) is 41.5 Å². The molecule has 0 spiro atoms. The number of ether oxygens (including phenoxy) is 4. The summed E-state index contributed by atoms with van der Waals surface area (Å²) in [4.78, 5) is 22.7. The van der Waals surface area contributed by atoms with Crippen LogP contribution in [-0.2, 0) is 31.9 Å². The Kier molecular flexibility index (Phi) is 10.1. The van der Waals surface area contributed by atoms with E-state index in [9.17, 15) is 9.59 Å². The lowest BCUT2D eigenvalue weighted by atomic mass is 10.1. The zero-order valence-electron chi connectivity index (χ0n) is 23.2. The van der Waals surface area contributed by atoms with E-state index in [4.69, 9.17) is 24.7 Å². The fraction of sp³-hybridized carbons (Fsp3) is 0.118. The highest BCUT2D eigenvalue weighted by molar-refractivity contribution is 5.81. The average Bonchev–Trinajstić information content (AvgIpc) is 3.00. The highest BCUT2D eigenvalue weighted by Crippen LogP contribution is 2.32. The molecule has 0 saturated carbocycles. The molecule has 0 amide bonds. The molecule has 0 aliphatic rings. The van der Waals surface area contributed by atoms with Crippen molar-refractivity contribution in [3.63, 3.8) is 0 Å². The van der Waals surface area contributed by atoms with Gasteiger partial charge in [0.05, 0.1) is 13.2 Å². The van der Waals surface area contributed by atoms with Crippen LogP contribution in [0.4, 0.5) is 11.4 Å². The van der Waals surface area contributed by atoms with E-state index in [2.05, 4.69) is 18.9 Å². The normalized spacial score (nSPS) is 10.4. The first-order chi connectivity index (χ1) is 20.3. The lowest BCUT2D eigenvalue weighted by Gasteiger charge is -2.13. The number of carbonyl (C=O) groups is 2. The third kappa shape index (κ3) is 8.33. The van der Waals surface area contributed by atoms with Crippen LogP contribution in [-0.4, -0.2) is 25.2 Å². The molecule has 8 heteroatoms. The van der Waals surface area contributed by atoms with Gasteiger partial charge >= 0.3 is 11.9 Å². The van der Waals surface area contributed by atoms with Crippen LogP contribution in [0.3, 0.4) is 0 Å². The Morgan fingerprint density at radius 3 is 1.60 bits per heavy atom. The van der Waals surface area contributed by atoms with Crippen molar-refractivity contribution in [3.05, 3.63) is 121 Å². The fourth-order valence-electron chi connectivity index (χ4n) is 4.15. The number of carbonyl (C=O) groups excluding carboxylic acids is 2. The van der Waals surface area contributed by atoms with Gasteiger partial charge < -0.3 is 30.4 Å². The quantitative estimate of drug-likeness (QED) is 0.117. The molecule has 0 saturated heterocycles. The Labute approximate surface area is 244 Å². The van der Waals surface area contributed by atoms with Crippen molar-refractivity contribution in [1.82, 2.24) is 0 Å². The van der Waals surface area contributed by atoms with Crippen molar-refractivity contribution in [3.8, 4) is 34.1 Å². The van der Waals surface area contributed by atoms with Gasteiger partial charge in [0.15, 0.2) is 0 Å². The number of benzene rings is 4. The van der Waals surface area contributed by atoms with Gasteiger partial charge in [0.1, 0.15) is 28.7 Å². The minimum atomic E-state index is -0.474. The molecule has 0 aliphatic heterocycles. The molecule has 0 aliphatic carbocycles. The Hall–Kier alpha value is -5.34. The first-order valence-electron chi connectivity index (χ1n) is 13.3. The highest BCUT2D eigenvalue weighted by atomic mass is 16.5. The predicted octanol–water partition coefficient (Wildman–Crippen LogP) is 5.94. The summed E-state index contributed by atoms with van der Waals surface area (Å²) >= 11 is 0. The summed E-state index contributed by atoms with van der Waals surface area (Å²) in [6, 6.07) is 26.5. The zero-order valence-corrected chi connectivity index (χ0v) is 23.2. The summed E-state index contributed by atoms with van der Waals surface area (Å²) in [5.41, 5.74) is 15.1. The van der Waals surface area contributed by atoms with Gasteiger partial charge in [-0.1, -0.05) is 37.4 Å². The standard InChI is InChI=1S/C34H32N2O6/c1-3-33(37)39-19-17-25-21-27(35)9-15-31(25)41-29-11-5-23(6-12-29)24-7-13-30(14-8-24)42-32-16-10-28(36)22-26(32)18-20-40-34(38)4-2/h3-16,21-22H,1-2,17-20,35-36H2/p+1. The molecule has 42 heavy (non-hydrogen) atoms. The maximum Gasteiger partial charge on any atom is 0.330 e. The number of esters is 2. The number of hydrogen-bond donors (Lipinski definition) is 2. The number of nitrogens with two attached hydrogens (primary N) is 1. The van der Waals surface area contributed by atoms with Gasteiger partial charge in [-0.05, 0) is 59.7 Å². The van der Waals surface area contributed by atoms with E-state index >= 15 is 0 Å². The van der Waals surface area contributed by atoms with Gasteiger partial charge in [-0.25, -0.2) is 9.59 Å². The largest absolute Gasteiger partial charge is 0.462 e. The fourth-order valence-corrected chi connectivity index (χ4v) is 4.15. The van der Waals surface area contributed by atoms with Crippen LogP contribution in [0.2, 0.25) is 0 Å². The number of anilines is 1. The monoisotopic (exact) mass is 565 g/mol. The number of quaternary nitrogens is 1. The maximum atomic E-state index is 11.4. The smallest absolute Gasteiger partial charge is 0.330 e. The van der Waals surface area contributed by atoms with Crippen molar-refractivity contribution in [2.24, 2.45) is 0 Å². The van der Waals surface area contributed by atoms with E-state index in [-0.39, 0.29) is 13.2 Å². The Morgan fingerprint density at radius 2 is 1.12 bits per heavy atom. The van der Waals surface area contributed by atoms with Crippen LogP contribution in [0.1, 0.15) is 11.1 Å². The summed E-state index contributed by atoms with van der Waals surface area (Å²) in [6.07, 6.45) is 3.22. The highest BCUT2D eigenvalue weighted by Gasteiger charge is 2.10. The van der Waals surface area contributed by atoms with Crippen LogP contribution >= 0.6 is 0 Å². The second-order valence-corrected chi connectivity index (χ2v) is 9.31. The minimum Gasteiger partial charge on any atom is -0.462 e. The molecule has 0 heterocycles. The van der Waals surface area contributed by atoms with Crippen molar-refractivity contribution in [2.45, 2.75) is 12.8 Å². The minimum absolute atomic E-state index is 0.191. The van der Waals surface area contributed by atoms with Gasteiger partial charge in [0, 0.05) is 53.9 Å². The second kappa shape index (κ2) is 14.3. The third-order valence-electron chi connectivity index (χ3n) is 6.27. The molecule has 4 aromatic carbocycles. The Bertz CT molecular complexity index is 1440. The molecule has 0 fully saturated rings. The zero-order chi connectivity index (χ0) is 29.9.